The molecule has 1 aliphatic heterocycles. The van der Waals surface area contributed by atoms with Gasteiger partial charge in [0.2, 0.25) is 5.78 Å². The van der Waals surface area contributed by atoms with Gasteiger partial charge in [-0.25, -0.2) is 4.79 Å². The Morgan fingerprint density at radius 2 is 2.17 bits per heavy atom. The van der Waals surface area contributed by atoms with Crippen LogP contribution in [0.5, 0.6) is 11.5 Å². The van der Waals surface area contributed by atoms with Crippen molar-refractivity contribution in [2.75, 3.05) is 6.61 Å². The second-order valence-electron chi connectivity index (χ2n) is 5.13. The molecule has 2 aromatic rings. The molecule has 6 heteroatoms. The second-order valence-corrected chi connectivity index (χ2v) is 5.13. The third-order valence-electron chi connectivity index (χ3n) is 3.39. The van der Waals surface area contributed by atoms with E-state index in [4.69, 9.17) is 18.6 Å². The van der Waals surface area contributed by atoms with Gasteiger partial charge in [0.25, 0.3) is 0 Å². The van der Waals surface area contributed by atoms with E-state index in [0.29, 0.717) is 22.8 Å². The Labute approximate surface area is 138 Å². The van der Waals surface area contributed by atoms with Crippen molar-refractivity contribution >= 4 is 17.8 Å². The van der Waals surface area contributed by atoms with Crippen LogP contribution in [-0.2, 0) is 9.53 Å². The maximum atomic E-state index is 12.3. The molecule has 0 saturated carbocycles. The first-order valence-electron chi connectivity index (χ1n) is 7.53. The summed E-state index contributed by atoms with van der Waals surface area (Å²) in [5, 5.41) is 0. The van der Waals surface area contributed by atoms with Crippen LogP contribution in [0.4, 0.5) is 0 Å². The number of benzene rings is 1. The molecule has 1 aromatic heterocycles. The standard InChI is InChI=1S/C18H16O6/c1-3-21-18(20)11(2)23-13-6-7-14-15(10-13)24-16(17(14)19)9-12-5-4-8-22-12/h4-11H,3H2,1-2H3/b16-9+/t11-/m1/s1. The summed E-state index contributed by atoms with van der Waals surface area (Å²) in [5.74, 6) is 0.821. The zero-order valence-electron chi connectivity index (χ0n) is 13.3. The third-order valence-corrected chi connectivity index (χ3v) is 3.39. The predicted molar refractivity (Wildman–Crippen MR) is 84.8 cm³/mol. The van der Waals surface area contributed by atoms with Gasteiger partial charge in [0.05, 0.1) is 18.4 Å². The number of ketones is 1. The van der Waals surface area contributed by atoms with Gasteiger partial charge < -0.3 is 18.6 Å². The van der Waals surface area contributed by atoms with Crippen LogP contribution in [0.15, 0.2) is 46.8 Å². The molecule has 0 saturated heterocycles. The van der Waals surface area contributed by atoms with Crippen molar-refractivity contribution in [1.82, 2.24) is 0 Å². The van der Waals surface area contributed by atoms with Gasteiger partial charge in [0, 0.05) is 12.1 Å². The molecule has 3 rings (SSSR count). The smallest absolute Gasteiger partial charge is 0.347 e. The Morgan fingerprint density at radius 3 is 2.88 bits per heavy atom. The highest BCUT2D eigenvalue weighted by atomic mass is 16.6. The van der Waals surface area contributed by atoms with Crippen LogP contribution in [0.2, 0.25) is 0 Å². The monoisotopic (exact) mass is 328 g/mol. The molecule has 6 nitrogen and oxygen atoms in total. The summed E-state index contributed by atoms with van der Waals surface area (Å²) in [6.07, 6.45) is 2.30. The molecule has 0 N–H and O–H groups in total. The van der Waals surface area contributed by atoms with Gasteiger partial charge >= 0.3 is 5.97 Å². The van der Waals surface area contributed by atoms with Gasteiger partial charge in [-0.1, -0.05) is 0 Å². The topological polar surface area (TPSA) is 75.0 Å². The fourth-order valence-corrected chi connectivity index (χ4v) is 2.25. The first-order chi connectivity index (χ1) is 11.6. The van der Waals surface area contributed by atoms with Gasteiger partial charge in [0.15, 0.2) is 11.9 Å². The molecule has 0 radical (unpaired) electrons. The number of rotatable bonds is 5. The lowest BCUT2D eigenvalue weighted by Gasteiger charge is -2.13. The molecule has 124 valence electrons. The molecule has 1 aliphatic rings. The number of esters is 1. The van der Waals surface area contributed by atoms with Gasteiger partial charge in [-0.3, -0.25) is 4.79 Å². The number of hydrogen-bond acceptors (Lipinski definition) is 6. The summed E-state index contributed by atoms with van der Waals surface area (Å²) in [5.41, 5.74) is 0.434. The molecule has 0 amide bonds. The normalized spacial score (nSPS) is 15.8. The number of ether oxygens (including phenoxy) is 3. The van der Waals surface area contributed by atoms with Crippen molar-refractivity contribution in [3.05, 3.63) is 53.7 Å². The number of allylic oxidation sites excluding steroid dienone is 1. The Hall–Kier alpha value is -3.02. The molecule has 0 bridgehead atoms. The fraction of sp³-hybridized carbons (Fsp3) is 0.222. The minimum atomic E-state index is -0.752. The average Bonchev–Trinajstić information content (AvgIpc) is 3.17. The first kappa shape index (κ1) is 15.9. The van der Waals surface area contributed by atoms with Gasteiger partial charge in [-0.15, -0.1) is 0 Å². The summed E-state index contributed by atoms with van der Waals surface area (Å²) in [4.78, 5) is 23.9. The van der Waals surface area contributed by atoms with Gasteiger partial charge in [-0.05, 0) is 38.1 Å². The molecule has 0 spiro atoms. The van der Waals surface area contributed by atoms with Crippen LogP contribution in [0.1, 0.15) is 30.0 Å². The van der Waals surface area contributed by atoms with Crippen LogP contribution in [0.3, 0.4) is 0 Å². The first-order valence-corrected chi connectivity index (χ1v) is 7.53. The van der Waals surface area contributed by atoms with Gasteiger partial charge in [-0.2, -0.15) is 0 Å². The number of fused-ring (bicyclic) bond motifs is 1. The molecule has 24 heavy (non-hydrogen) atoms. The summed E-state index contributed by atoms with van der Waals surface area (Å²) < 4.78 is 21.2. The lowest BCUT2D eigenvalue weighted by molar-refractivity contribution is -0.150. The van der Waals surface area contributed by atoms with E-state index in [9.17, 15) is 9.59 Å². The zero-order valence-corrected chi connectivity index (χ0v) is 13.3. The number of carbonyl (C=O) groups excluding carboxylic acids is 2. The quantitative estimate of drug-likeness (QED) is 0.619. The Balaban J connectivity index is 1.77. The molecule has 1 aromatic carbocycles. The van der Waals surface area contributed by atoms with Crippen molar-refractivity contribution in [3.63, 3.8) is 0 Å². The summed E-state index contributed by atoms with van der Waals surface area (Å²) in [6.45, 7) is 3.61. The van der Waals surface area contributed by atoms with E-state index in [0.717, 1.165) is 0 Å². The van der Waals surface area contributed by atoms with Crippen molar-refractivity contribution < 1.29 is 28.2 Å². The second kappa shape index (κ2) is 6.62. The summed E-state index contributed by atoms with van der Waals surface area (Å²) >= 11 is 0. The van der Waals surface area contributed by atoms with Crippen molar-refractivity contribution in [3.8, 4) is 11.5 Å². The highest BCUT2D eigenvalue weighted by molar-refractivity contribution is 6.14. The molecule has 0 fully saturated rings. The highest BCUT2D eigenvalue weighted by Crippen LogP contribution is 2.35. The minimum Gasteiger partial charge on any atom is -0.479 e. The molecular formula is C18H16O6. The number of hydrogen-bond donors (Lipinski definition) is 0. The molecule has 0 aliphatic carbocycles. The van der Waals surface area contributed by atoms with Crippen LogP contribution in [0, 0.1) is 0 Å². The number of Topliss-reactive ketones (excluding diaryl/α,β-unsaturated/α-hetero) is 1. The maximum absolute atomic E-state index is 12.3. The maximum Gasteiger partial charge on any atom is 0.347 e. The van der Waals surface area contributed by atoms with Crippen molar-refractivity contribution in [2.24, 2.45) is 0 Å². The van der Waals surface area contributed by atoms with E-state index in [1.54, 1.807) is 44.2 Å². The summed E-state index contributed by atoms with van der Waals surface area (Å²) in [7, 11) is 0. The average molecular weight is 328 g/mol. The molecule has 0 unspecified atom stereocenters. The number of carbonyl (C=O) groups is 2. The minimum absolute atomic E-state index is 0.176. The number of furan rings is 1. The third kappa shape index (κ3) is 3.17. The Bertz CT molecular complexity index is 788. The van der Waals surface area contributed by atoms with E-state index >= 15 is 0 Å². The Kier molecular flexibility index (Phi) is 4.37. The van der Waals surface area contributed by atoms with Crippen LogP contribution >= 0.6 is 0 Å². The van der Waals surface area contributed by atoms with E-state index in [2.05, 4.69) is 0 Å². The lowest BCUT2D eigenvalue weighted by atomic mass is 10.1. The van der Waals surface area contributed by atoms with E-state index in [-0.39, 0.29) is 18.1 Å². The van der Waals surface area contributed by atoms with Gasteiger partial charge in [0.1, 0.15) is 17.3 Å². The molecule has 1 atom stereocenters. The summed E-state index contributed by atoms with van der Waals surface area (Å²) in [6, 6.07) is 8.25. The fourth-order valence-electron chi connectivity index (χ4n) is 2.25. The molecule has 2 heterocycles. The lowest BCUT2D eigenvalue weighted by Crippen LogP contribution is -2.26. The highest BCUT2D eigenvalue weighted by Gasteiger charge is 2.28. The van der Waals surface area contributed by atoms with Crippen molar-refractivity contribution in [2.45, 2.75) is 20.0 Å². The van der Waals surface area contributed by atoms with Crippen molar-refractivity contribution in [1.29, 1.82) is 0 Å². The SMILES string of the molecule is CCOC(=O)[C@@H](C)Oc1ccc2c(c1)O/C(=C/c1ccco1)C2=O. The van der Waals surface area contributed by atoms with E-state index < -0.39 is 12.1 Å². The van der Waals surface area contributed by atoms with Crippen LogP contribution < -0.4 is 9.47 Å². The largest absolute Gasteiger partial charge is 0.479 e. The van der Waals surface area contributed by atoms with Crippen LogP contribution in [0.25, 0.3) is 6.08 Å². The molecular weight excluding hydrogens is 312 g/mol. The van der Waals surface area contributed by atoms with E-state index in [1.165, 1.54) is 12.3 Å². The van der Waals surface area contributed by atoms with Crippen LogP contribution in [-0.4, -0.2) is 24.5 Å². The predicted octanol–water partition coefficient (Wildman–Crippen LogP) is 3.23. The van der Waals surface area contributed by atoms with E-state index in [1.807, 2.05) is 0 Å². The zero-order chi connectivity index (χ0) is 17.1. The Morgan fingerprint density at radius 1 is 1.33 bits per heavy atom.